The molecule has 0 aliphatic carbocycles. The standard InChI is InChI=1S/C6H5NO3.C6H12O6/c8-6-3-1-5(2-4-6)7(9)10;7-1-2-3(8)4(9)5(10)6(11)12-2/h1-4,8H;2-11H,1H2/t;2-,3+,4+,5-,6+/m.1/s1. The van der Waals surface area contributed by atoms with Crippen molar-refractivity contribution in [3.8, 4) is 5.75 Å². The van der Waals surface area contributed by atoms with E-state index in [9.17, 15) is 10.1 Å². The number of hydrogen-bond acceptors (Lipinski definition) is 9. The third-order valence-electron chi connectivity index (χ3n) is 2.93. The fraction of sp³-hybridized carbons (Fsp3) is 0.500. The van der Waals surface area contributed by atoms with Crippen LogP contribution in [0.2, 0.25) is 0 Å². The molecule has 1 aliphatic heterocycles. The minimum Gasteiger partial charge on any atom is -0.508 e. The van der Waals surface area contributed by atoms with Gasteiger partial charge >= 0.3 is 0 Å². The van der Waals surface area contributed by atoms with Crippen molar-refractivity contribution in [3.63, 3.8) is 0 Å². The van der Waals surface area contributed by atoms with Gasteiger partial charge in [-0.25, -0.2) is 0 Å². The quantitative estimate of drug-likeness (QED) is 0.268. The summed E-state index contributed by atoms with van der Waals surface area (Å²) in [5.41, 5.74) is -0.0159. The van der Waals surface area contributed by atoms with Crippen LogP contribution >= 0.6 is 0 Å². The van der Waals surface area contributed by atoms with Gasteiger partial charge in [-0.1, -0.05) is 0 Å². The van der Waals surface area contributed by atoms with Gasteiger partial charge in [0.25, 0.3) is 5.69 Å². The van der Waals surface area contributed by atoms with Crippen molar-refractivity contribution in [3.05, 3.63) is 34.4 Å². The highest BCUT2D eigenvalue weighted by atomic mass is 16.6. The molecule has 22 heavy (non-hydrogen) atoms. The lowest BCUT2D eigenvalue weighted by Gasteiger charge is -2.37. The van der Waals surface area contributed by atoms with Crippen LogP contribution < -0.4 is 0 Å². The summed E-state index contributed by atoms with van der Waals surface area (Å²) >= 11 is 0. The number of nitrogens with zero attached hydrogens (tertiary/aromatic N) is 1. The molecule has 2 rings (SSSR count). The Morgan fingerprint density at radius 2 is 1.59 bits per heavy atom. The third-order valence-corrected chi connectivity index (χ3v) is 2.93. The van der Waals surface area contributed by atoms with Crippen molar-refractivity contribution in [1.82, 2.24) is 0 Å². The lowest BCUT2D eigenvalue weighted by Crippen LogP contribution is -2.58. The van der Waals surface area contributed by atoms with Crippen molar-refractivity contribution in [2.24, 2.45) is 0 Å². The van der Waals surface area contributed by atoms with Gasteiger partial charge in [0.15, 0.2) is 6.29 Å². The first-order chi connectivity index (χ1) is 10.3. The summed E-state index contributed by atoms with van der Waals surface area (Å²) < 4.78 is 4.58. The molecule has 1 aromatic rings. The zero-order valence-electron chi connectivity index (χ0n) is 11.3. The molecule has 0 spiro atoms. The Morgan fingerprint density at radius 1 is 1.05 bits per heavy atom. The maximum atomic E-state index is 10.0. The summed E-state index contributed by atoms with van der Waals surface area (Å²) in [6.07, 6.45) is -7.04. The zero-order chi connectivity index (χ0) is 16.9. The van der Waals surface area contributed by atoms with E-state index in [4.69, 9.17) is 30.6 Å². The monoisotopic (exact) mass is 319 g/mol. The molecule has 5 atom stereocenters. The number of phenolic OH excluding ortho intramolecular Hbond substituents is 1. The highest BCUT2D eigenvalue weighted by Crippen LogP contribution is 2.19. The molecular weight excluding hydrogens is 302 g/mol. The largest absolute Gasteiger partial charge is 0.508 e. The number of nitro groups is 1. The summed E-state index contributed by atoms with van der Waals surface area (Å²) in [6, 6.07) is 5.04. The molecule has 6 N–H and O–H groups in total. The lowest BCUT2D eigenvalue weighted by atomic mass is 10.00. The predicted molar refractivity (Wildman–Crippen MR) is 70.7 cm³/mol. The summed E-state index contributed by atoms with van der Waals surface area (Å²) in [5, 5.41) is 63.4. The Hall–Kier alpha value is -1.82. The topological polar surface area (TPSA) is 174 Å². The van der Waals surface area contributed by atoms with Crippen molar-refractivity contribution >= 4 is 5.69 Å². The second-order valence-corrected chi connectivity index (χ2v) is 4.49. The van der Waals surface area contributed by atoms with Gasteiger partial charge < -0.3 is 35.4 Å². The van der Waals surface area contributed by atoms with Crippen LogP contribution in [0.1, 0.15) is 0 Å². The van der Waals surface area contributed by atoms with Gasteiger partial charge in [0.05, 0.1) is 11.5 Å². The molecule has 0 amide bonds. The first-order valence-corrected chi connectivity index (χ1v) is 6.20. The molecule has 124 valence electrons. The minimum atomic E-state index is -1.57. The van der Waals surface area contributed by atoms with Crippen LogP contribution in [-0.4, -0.2) is 72.9 Å². The van der Waals surface area contributed by atoms with E-state index in [-0.39, 0.29) is 11.4 Å². The summed E-state index contributed by atoms with van der Waals surface area (Å²) in [7, 11) is 0. The highest BCUT2D eigenvalue weighted by molar-refractivity contribution is 5.34. The number of rotatable bonds is 2. The number of aromatic hydroxyl groups is 1. The van der Waals surface area contributed by atoms with Gasteiger partial charge in [-0.05, 0) is 12.1 Å². The van der Waals surface area contributed by atoms with E-state index < -0.39 is 42.2 Å². The van der Waals surface area contributed by atoms with Gasteiger partial charge in [0.2, 0.25) is 0 Å². The Bertz CT molecular complexity index is 475. The van der Waals surface area contributed by atoms with Crippen molar-refractivity contribution in [1.29, 1.82) is 0 Å². The van der Waals surface area contributed by atoms with E-state index in [2.05, 4.69) is 4.74 Å². The number of benzene rings is 1. The predicted octanol–water partition coefficient (Wildman–Crippen LogP) is -1.92. The first kappa shape index (κ1) is 18.2. The number of nitro benzene ring substituents is 1. The smallest absolute Gasteiger partial charge is 0.269 e. The van der Waals surface area contributed by atoms with Crippen LogP contribution in [0.15, 0.2) is 24.3 Å². The maximum absolute atomic E-state index is 10.0. The number of hydrogen-bond donors (Lipinski definition) is 6. The molecule has 0 unspecified atom stereocenters. The number of ether oxygens (including phenoxy) is 1. The van der Waals surface area contributed by atoms with Crippen LogP contribution in [0, 0.1) is 10.1 Å². The molecule has 10 heteroatoms. The first-order valence-electron chi connectivity index (χ1n) is 6.20. The van der Waals surface area contributed by atoms with Gasteiger partial charge in [-0.3, -0.25) is 10.1 Å². The number of phenols is 1. The van der Waals surface area contributed by atoms with Gasteiger partial charge in [0, 0.05) is 12.1 Å². The molecule has 1 heterocycles. The van der Waals surface area contributed by atoms with E-state index in [1.54, 1.807) is 0 Å². The molecule has 0 aromatic heterocycles. The highest BCUT2D eigenvalue weighted by Gasteiger charge is 2.42. The van der Waals surface area contributed by atoms with Crippen LogP contribution in [0.3, 0.4) is 0 Å². The third kappa shape index (κ3) is 4.59. The Labute approximate surface area is 124 Å². The molecule has 0 saturated carbocycles. The number of aliphatic hydroxyl groups is 5. The summed E-state index contributed by atoms with van der Waals surface area (Å²) in [6.45, 7) is -0.526. The van der Waals surface area contributed by atoms with Gasteiger partial charge in [-0.15, -0.1) is 0 Å². The van der Waals surface area contributed by atoms with E-state index in [0.29, 0.717) is 0 Å². The average Bonchev–Trinajstić information content (AvgIpc) is 2.50. The second kappa shape index (κ2) is 7.98. The van der Waals surface area contributed by atoms with E-state index >= 15 is 0 Å². The SMILES string of the molecule is O=[N+]([O-])c1ccc(O)cc1.OC[C@H]1O[C@H](O)[C@H](O)[C@@H](O)[C@H]1O. The second-order valence-electron chi connectivity index (χ2n) is 4.49. The summed E-state index contributed by atoms with van der Waals surface area (Å²) in [5.74, 6) is 0.0330. The van der Waals surface area contributed by atoms with Crippen molar-refractivity contribution in [2.75, 3.05) is 6.61 Å². The molecule has 1 aromatic carbocycles. The minimum absolute atomic E-state index is 0.0159. The molecule has 0 bridgehead atoms. The molecular formula is C12H17NO9. The molecule has 1 saturated heterocycles. The molecule has 1 fully saturated rings. The fourth-order valence-corrected chi connectivity index (χ4v) is 1.66. The van der Waals surface area contributed by atoms with Crippen LogP contribution in [0.25, 0.3) is 0 Å². The average molecular weight is 319 g/mol. The van der Waals surface area contributed by atoms with Crippen LogP contribution in [-0.2, 0) is 4.74 Å². The van der Waals surface area contributed by atoms with E-state index in [1.165, 1.54) is 24.3 Å². The van der Waals surface area contributed by atoms with Crippen LogP contribution in [0.4, 0.5) is 5.69 Å². The van der Waals surface area contributed by atoms with Gasteiger partial charge in [0.1, 0.15) is 30.2 Å². The normalized spacial score (nSPS) is 31.0. The van der Waals surface area contributed by atoms with Gasteiger partial charge in [-0.2, -0.15) is 0 Å². The number of non-ortho nitro benzene ring substituents is 1. The van der Waals surface area contributed by atoms with Crippen LogP contribution in [0.5, 0.6) is 5.75 Å². The van der Waals surface area contributed by atoms with Crippen molar-refractivity contribution < 1.29 is 40.3 Å². The summed E-state index contributed by atoms with van der Waals surface area (Å²) in [4.78, 5) is 9.52. The van der Waals surface area contributed by atoms with E-state index in [1.807, 2.05) is 0 Å². The zero-order valence-corrected chi connectivity index (χ0v) is 11.3. The fourth-order valence-electron chi connectivity index (χ4n) is 1.66. The molecule has 10 nitrogen and oxygen atoms in total. The Balaban J connectivity index is 0.000000224. The lowest BCUT2D eigenvalue weighted by molar-refractivity contribution is -0.384. The van der Waals surface area contributed by atoms with E-state index in [0.717, 1.165) is 0 Å². The number of aliphatic hydroxyl groups excluding tert-OH is 5. The molecule has 1 aliphatic rings. The Kier molecular flexibility index (Phi) is 6.61. The maximum Gasteiger partial charge on any atom is 0.269 e. The van der Waals surface area contributed by atoms with Crippen molar-refractivity contribution in [2.45, 2.75) is 30.7 Å². The molecule has 0 radical (unpaired) electrons. The Morgan fingerprint density at radius 3 is 2.05 bits per heavy atom.